The zero-order valence-electron chi connectivity index (χ0n) is 8.34. The minimum atomic E-state index is 0.422. The molecule has 1 heterocycles. The molecule has 1 fully saturated rings. The van der Waals surface area contributed by atoms with Crippen LogP contribution in [-0.2, 0) is 4.74 Å². The summed E-state index contributed by atoms with van der Waals surface area (Å²) in [6.45, 7) is 7.25. The first-order chi connectivity index (χ1) is 5.72. The molecule has 0 bridgehead atoms. The Bertz CT molecular complexity index is 130. The van der Waals surface area contributed by atoms with Crippen LogP contribution in [0.2, 0.25) is 0 Å². The third-order valence-corrected chi connectivity index (χ3v) is 2.42. The number of hydrogen-bond donors (Lipinski definition) is 1. The monoisotopic (exact) mass is 172 g/mol. The molecule has 3 nitrogen and oxygen atoms in total. The molecule has 0 aliphatic carbocycles. The van der Waals surface area contributed by atoms with Crippen molar-refractivity contribution in [3.8, 4) is 0 Å². The van der Waals surface area contributed by atoms with E-state index >= 15 is 0 Å². The standard InChI is InChI=1S/C9H20N2O/c1-4-11(3)6-9-5-8(2)10-7-12-9/h8-10H,4-7H2,1-3H3. The first-order valence-corrected chi connectivity index (χ1v) is 4.76. The molecule has 0 spiro atoms. The molecule has 2 atom stereocenters. The second-order valence-electron chi connectivity index (χ2n) is 3.63. The van der Waals surface area contributed by atoms with Gasteiger partial charge in [-0.2, -0.15) is 0 Å². The van der Waals surface area contributed by atoms with E-state index in [-0.39, 0.29) is 0 Å². The maximum atomic E-state index is 5.57. The minimum Gasteiger partial charge on any atom is -0.362 e. The van der Waals surface area contributed by atoms with E-state index in [9.17, 15) is 0 Å². The molecule has 72 valence electrons. The van der Waals surface area contributed by atoms with E-state index in [0.717, 1.165) is 19.5 Å². The molecule has 2 unspecified atom stereocenters. The van der Waals surface area contributed by atoms with E-state index in [2.05, 4.69) is 31.1 Å². The summed E-state index contributed by atoms with van der Waals surface area (Å²) in [5.74, 6) is 0. The molecule has 0 saturated carbocycles. The van der Waals surface area contributed by atoms with Crippen LogP contribution in [0, 0.1) is 0 Å². The molecule has 1 saturated heterocycles. The van der Waals surface area contributed by atoms with Gasteiger partial charge in [-0.1, -0.05) is 6.92 Å². The van der Waals surface area contributed by atoms with Crippen molar-refractivity contribution in [2.45, 2.75) is 32.4 Å². The fourth-order valence-corrected chi connectivity index (χ4v) is 1.46. The highest BCUT2D eigenvalue weighted by Gasteiger charge is 2.19. The topological polar surface area (TPSA) is 24.5 Å². The predicted molar refractivity (Wildman–Crippen MR) is 50.1 cm³/mol. The summed E-state index contributed by atoms with van der Waals surface area (Å²) in [6, 6.07) is 0.606. The Balaban J connectivity index is 2.22. The van der Waals surface area contributed by atoms with Crippen LogP contribution in [0.25, 0.3) is 0 Å². The van der Waals surface area contributed by atoms with Gasteiger partial charge in [-0.25, -0.2) is 0 Å². The van der Waals surface area contributed by atoms with Crippen molar-refractivity contribution in [3.05, 3.63) is 0 Å². The van der Waals surface area contributed by atoms with E-state index in [4.69, 9.17) is 4.74 Å². The van der Waals surface area contributed by atoms with Crippen molar-refractivity contribution < 1.29 is 4.74 Å². The molecule has 1 aliphatic heterocycles. The van der Waals surface area contributed by atoms with E-state index in [1.165, 1.54) is 0 Å². The Morgan fingerprint density at radius 3 is 2.92 bits per heavy atom. The van der Waals surface area contributed by atoms with Gasteiger partial charge in [0.2, 0.25) is 0 Å². The molecule has 1 aliphatic rings. The molecule has 3 heteroatoms. The van der Waals surface area contributed by atoms with Crippen LogP contribution in [0.4, 0.5) is 0 Å². The van der Waals surface area contributed by atoms with Gasteiger partial charge in [-0.15, -0.1) is 0 Å². The molecule has 0 aromatic carbocycles. The minimum absolute atomic E-state index is 0.422. The lowest BCUT2D eigenvalue weighted by Crippen LogP contribution is -2.44. The highest BCUT2D eigenvalue weighted by molar-refractivity contribution is 4.73. The van der Waals surface area contributed by atoms with E-state index in [0.29, 0.717) is 18.9 Å². The third kappa shape index (κ3) is 3.09. The van der Waals surface area contributed by atoms with Crippen LogP contribution < -0.4 is 5.32 Å². The van der Waals surface area contributed by atoms with Crippen LogP contribution >= 0.6 is 0 Å². The average Bonchev–Trinajstić information content (AvgIpc) is 2.04. The van der Waals surface area contributed by atoms with Crippen molar-refractivity contribution in [2.75, 3.05) is 26.9 Å². The van der Waals surface area contributed by atoms with Crippen molar-refractivity contribution in [3.63, 3.8) is 0 Å². The van der Waals surface area contributed by atoms with Crippen molar-refractivity contribution in [1.82, 2.24) is 10.2 Å². The van der Waals surface area contributed by atoms with E-state index < -0.39 is 0 Å². The van der Waals surface area contributed by atoms with Gasteiger partial charge in [0, 0.05) is 12.6 Å². The second kappa shape index (κ2) is 4.80. The van der Waals surface area contributed by atoms with Crippen LogP contribution in [0.5, 0.6) is 0 Å². The van der Waals surface area contributed by atoms with Crippen molar-refractivity contribution >= 4 is 0 Å². The molecule has 1 rings (SSSR count). The molecule has 1 N–H and O–H groups in total. The first-order valence-electron chi connectivity index (χ1n) is 4.76. The Hall–Kier alpha value is -0.120. The molecular weight excluding hydrogens is 152 g/mol. The summed E-state index contributed by atoms with van der Waals surface area (Å²) in [6.07, 6.45) is 1.55. The van der Waals surface area contributed by atoms with E-state index in [1.807, 2.05) is 0 Å². The number of hydrogen-bond acceptors (Lipinski definition) is 3. The van der Waals surface area contributed by atoms with Crippen LogP contribution in [-0.4, -0.2) is 43.9 Å². The predicted octanol–water partition coefficient (Wildman–Crippen LogP) is 0.663. The SMILES string of the molecule is CCN(C)CC1CC(C)NCO1. The Morgan fingerprint density at radius 2 is 2.33 bits per heavy atom. The summed E-state index contributed by atoms with van der Waals surface area (Å²) in [5, 5.41) is 3.26. The number of likely N-dealkylation sites (N-methyl/N-ethyl adjacent to an activating group) is 1. The van der Waals surface area contributed by atoms with Gasteiger partial charge < -0.3 is 9.64 Å². The molecule has 0 aromatic heterocycles. The number of rotatable bonds is 3. The zero-order valence-corrected chi connectivity index (χ0v) is 8.34. The summed E-state index contributed by atoms with van der Waals surface area (Å²) in [4.78, 5) is 2.29. The highest BCUT2D eigenvalue weighted by atomic mass is 16.5. The van der Waals surface area contributed by atoms with Gasteiger partial charge in [0.05, 0.1) is 12.8 Å². The first kappa shape index (κ1) is 9.96. The summed E-state index contributed by atoms with van der Waals surface area (Å²) < 4.78 is 5.57. The van der Waals surface area contributed by atoms with Gasteiger partial charge in [-0.3, -0.25) is 5.32 Å². The van der Waals surface area contributed by atoms with Gasteiger partial charge in [0.1, 0.15) is 0 Å². The van der Waals surface area contributed by atoms with Crippen LogP contribution in [0.3, 0.4) is 0 Å². The fourth-order valence-electron chi connectivity index (χ4n) is 1.46. The van der Waals surface area contributed by atoms with Gasteiger partial charge in [0.25, 0.3) is 0 Å². The summed E-state index contributed by atoms with van der Waals surface area (Å²) in [5.41, 5.74) is 0. The maximum absolute atomic E-state index is 5.57. The molecule has 12 heavy (non-hydrogen) atoms. The lowest BCUT2D eigenvalue weighted by Gasteiger charge is -2.30. The zero-order chi connectivity index (χ0) is 8.97. The van der Waals surface area contributed by atoms with Crippen LogP contribution in [0.15, 0.2) is 0 Å². The lowest BCUT2D eigenvalue weighted by atomic mass is 10.1. The third-order valence-electron chi connectivity index (χ3n) is 2.42. The number of ether oxygens (including phenoxy) is 1. The van der Waals surface area contributed by atoms with Gasteiger partial charge >= 0.3 is 0 Å². The fraction of sp³-hybridized carbons (Fsp3) is 1.00. The smallest absolute Gasteiger partial charge is 0.0971 e. The van der Waals surface area contributed by atoms with Crippen molar-refractivity contribution in [2.24, 2.45) is 0 Å². The Labute approximate surface area is 75.1 Å². The summed E-state index contributed by atoms with van der Waals surface area (Å²) in [7, 11) is 2.13. The van der Waals surface area contributed by atoms with Gasteiger partial charge in [-0.05, 0) is 26.9 Å². The number of nitrogens with zero attached hydrogens (tertiary/aromatic N) is 1. The van der Waals surface area contributed by atoms with Gasteiger partial charge in [0.15, 0.2) is 0 Å². The maximum Gasteiger partial charge on any atom is 0.0971 e. The Morgan fingerprint density at radius 1 is 1.58 bits per heavy atom. The molecular formula is C9H20N2O. The van der Waals surface area contributed by atoms with E-state index in [1.54, 1.807) is 0 Å². The lowest BCUT2D eigenvalue weighted by molar-refractivity contribution is -0.0226. The normalized spacial score (nSPS) is 31.0. The molecule has 0 radical (unpaired) electrons. The average molecular weight is 172 g/mol. The van der Waals surface area contributed by atoms with Crippen molar-refractivity contribution in [1.29, 1.82) is 0 Å². The molecule has 0 aromatic rings. The van der Waals surface area contributed by atoms with Crippen LogP contribution in [0.1, 0.15) is 20.3 Å². The number of nitrogens with one attached hydrogen (secondary N) is 1. The molecule has 0 amide bonds. The second-order valence-corrected chi connectivity index (χ2v) is 3.63. The Kier molecular flexibility index (Phi) is 3.98. The summed E-state index contributed by atoms with van der Waals surface area (Å²) >= 11 is 0. The highest BCUT2D eigenvalue weighted by Crippen LogP contribution is 2.08. The largest absolute Gasteiger partial charge is 0.362 e. The quantitative estimate of drug-likeness (QED) is 0.677.